The summed E-state index contributed by atoms with van der Waals surface area (Å²) in [5, 5.41) is 3.21. The van der Waals surface area contributed by atoms with E-state index >= 15 is 0 Å². The molecular weight excluding hydrogens is 226 g/mol. The molecule has 1 saturated heterocycles. The molecule has 1 unspecified atom stereocenters. The summed E-state index contributed by atoms with van der Waals surface area (Å²) in [7, 11) is -3.03. The van der Waals surface area contributed by atoms with Crippen molar-refractivity contribution in [3.63, 3.8) is 0 Å². The molecule has 0 bridgehead atoms. The summed E-state index contributed by atoms with van der Waals surface area (Å²) in [6.07, 6.45) is 4.03. The maximum atomic E-state index is 12.1. The first-order valence-corrected chi connectivity index (χ1v) is 7.87. The van der Waals surface area contributed by atoms with Crippen LogP contribution in [-0.4, -0.2) is 39.3 Å². The van der Waals surface area contributed by atoms with Crippen LogP contribution in [0.3, 0.4) is 0 Å². The van der Waals surface area contributed by atoms with Crippen LogP contribution in [0.5, 0.6) is 0 Å². The van der Waals surface area contributed by atoms with Gasteiger partial charge in [0.05, 0.1) is 5.75 Å². The van der Waals surface area contributed by atoms with E-state index in [0.29, 0.717) is 6.54 Å². The van der Waals surface area contributed by atoms with Gasteiger partial charge in [-0.05, 0) is 19.4 Å². The molecule has 1 N–H and O–H groups in total. The van der Waals surface area contributed by atoms with Crippen LogP contribution in [0.15, 0.2) is 0 Å². The van der Waals surface area contributed by atoms with Crippen molar-refractivity contribution in [2.45, 2.75) is 32.6 Å². The predicted molar refractivity (Wildman–Crippen MR) is 64.2 cm³/mol. The summed E-state index contributed by atoms with van der Waals surface area (Å²) in [6, 6.07) is 0. The molecule has 0 spiro atoms. The number of ketones is 1. The van der Waals surface area contributed by atoms with Gasteiger partial charge in [-0.1, -0.05) is 13.3 Å². The van der Waals surface area contributed by atoms with E-state index in [0.717, 1.165) is 25.8 Å². The first-order valence-electron chi connectivity index (χ1n) is 5.81. The number of carbonyl (C=O) groups is 1. The maximum absolute atomic E-state index is 12.1. The maximum Gasteiger partial charge on any atom is 0.147 e. The van der Waals surface area contributed by atoms with Gasteiger partial charge < -0.3 is 5.32 Å². The van der Waals surface area contributed by atoms with Crippen LogP contribution in [0.1, 0.15) is 32.6 Å². The van der Waals surface area contributed by atoms with Gasteiger partial charge in [0.1, 0.15) is 15.6 Å². The zero-order valence-electron chi connectivity index (χ0n) is 10.1. The van der Waals surface area contributed by atoms with Crippen LogP contribution in [0, 0.1) is 5.41 Å². The van der Waals surface area contributed by atoms with E-state index in [2.05, 4.69) is 12.2 Å². The summed E-state index contributed by atoms with van der Waals surface area (Å²) in [5.41, 5.74) is -0.292. The molecule has 16 heavy (non-hydrogen) atoms. The zero-order chi connectivity index (χ0) is 12.2. The normalized spacial score (nSPS) is 25.9. The molecule has 1 aliphatic rings. The predicted octanol–water partition coefficient (Wildman–Crippen LogP) is 0.770. The summed E-state index contributed by atoms with van der Waals surface area (Å²) in [5.74, 6) is 0.0990. The van der Waals surface area contributed by atoms with Gasteiger partial charge in [0, 0.05) is 24.6 Å². The molecule has 1 rings (SSSR count). The molecule has 0 saturated carbocycles. The van der Waals surface area contributed by atoms with Gasteiger partial charge in [-0.3, -0.25) is 4.79 Å². The lowest BCUT2D eigenvalue weighted by atomic mass is 9.77. The van der Waals surface area contributed by atoms with E-state index < -0.39 is 9.84 Å². The number of rotatable bonds is 6. The van der Waals surface area contributed by atoms with Crippen molar-refractivity contribution in [2.24, 2.45) is 5.41 Å². The van der Waals surface area contributed by atoms with Crippen molar-refractivity contribution < 1.29 is 13.2 Å². The summed E-state index contributed by atoms with van der Waals surface area (Å²) in [4.78, 5) is 12.1. The molecule has 5 heteroatoms. The fraction of sp³-hybridized carbons (Fsp3) is 0.909. The lowest BCUT2D eigenvalue weighted by Crippen LogP contribution is -2.34. The third kappa shape index (κ3) is 3.56. The number of hydrogen-bond acceptors (Lipinski definition) is 4. The Hall–Kier alpha value is -0.420. The van der Waals surface area contributed by atoms with E-state index in [1.165, 1.54) is 6.26 Å². The summed E-state index contributed by atoms with van der Waals surface area (Å²) >= 11 is 0. The van der Waals surface area contributed by atoms with E-state index in [9.17, 15) is 13.2 Å². The van der Waals surface area contributed by atoms with E-state index in [-0.39, 0.29) is 23.4 Å². The Morgan fingerprint density at radius 3 is 2.56 bits per heavy atom. The topological polar surface area (TPSA) is 63.2 Å². The third-order valence-electron chi connectivity index (χ3n) is 3.26. The average molecular weight is 247 g/mol. The fourth-order valence-electron chi connectivity index (χ4n) is 2.36. The Morgan fingerprint density at radius 2 is 2.12 bits per heavy atom. The Morgan fingerprint density at radius 1 is 1.44 bits per heavy atom. The second-order valence-corrected chi connectivity index (χ2v) is 7.02. The third-order valence-corrected chi connectivity index (χ3v) is 4.21. The Balaban J connectivity index is 2.62. The molecule has 0 amide bonds. The molecule has 0 aliphatic carbocycles. The van der Waals surface area contributed by atoms with Crippen molar-refractivity contribution in [3.05, 3.63) is 0 Å². The quantitative estimate of drug-likeness (QED) is 0.753. The fourth-order valence-corrected chi connectivity index (χ4v) is 2.91. The van der Waals surface area contributed by atoms with Crippen LogP contribution in [0.4, 0.5) is 0 Å². The number of carbonyl (C=O) groups excluding carboxylic acids is 1. The van der Waals surface area contributed by atoms with Crippen LogP contribution in [-0.2, 0) is 14.6 Å². The largest absolute Gasteiger partial charge is 0.316 e. The minimum absolute atomic E-state index is 0.0166. The van der Waals surface area contributed by atoms with Gasteiger partial charge >= 0.3 is 0 Å². The van der Waals surface area contributed by atoms with Gasteiger partial charge in [-0.2, -0.15) is 0 Å². The molecular formula is C11H21NO3S. The Kier molecular flexibility index (Phi) is 4.50. The van der Waals surface area contributed by atoms with Gasteiger partial charge in [0.2, 0.25) is 0 Å². The molecule has 0 aromatic carbocycles. The standard InChI is InChI=1S/C11H21NO3S/c1-3-5-11(6-7-12-9-11)10(13)4-8-16(2,14)15/h12H,3-9H2,1-2H3. The van der Waals surface area contributed by atoms with Crippen molar-refractivity contribution >= 4 is 15.6 Å². The number of hydrogen-bond donors (Lipinski definition) is 1. The van der Waals surface area contributed by atoms with Crippen LogP contribution < -0.4 is 5.32 Å². The van der Waals surface area contributed by atoms with Gasteiger partial charge in [0.25, 0.3) is 0 Å². The highest BCUT2D eigenvalue weighted by molar-refractivity contribution is 7.90. The van der Waals surface area contributed by atoms with Crippen molar-refractivity contribution in [1.82, 2.24) is 5.32 Å². The molecule has 0 radical (unpaired) electrons. The minimum Gasteiger partial charge on any atom is -0.316 e. The molecule has 1 fully saturated rings. The van der Waals surface area contributed by atoms with Crippen LogP contribution in [0.25, 0.3) is 0 Å². The first-order chi connectivity index (χ1) is 7.40. The second kappa shape index (κ2) is 5.27. The molecule has 1 aliphatic heterocycles. The molecule has 1 heterocycles. The Bertz CT molecular complexity index is 342. The lowest BCUT2D eigenvalue weighted by Gasteiger charge is -2.25. The van der Waals surface area contributed by atoms with Crippen molar-refractivity contribution in [1.29, 1.82) is 0 Å². The average Bonchev–Trinajstić information content (AvgIpc) is 2.63. The SMILES string of the molecule is CCCC1(C(=O)CCS(C)(=O)=O)CCNC1. The number of sulfone groups is 1. The summed E-state index contributed by atoms with van der Waals surface area (Å²) in [6.45, 7) is 3.64. The minimum atomic E-state index is -3.03. The lowest BCUT2D eigenvalue weighted by molar-refractivity contribution is -0.127. The second-order valence-electron chi connectivity index (χ2n) is 4.76. The number of nitrogens with one attached hydrogen (secondary N) is 1. The van der Waals surface area contributed by atoms with E-state index in [4.69, 9.17) is 0 Å². The van der Waals surface area contributed by atoms with Crippen molar-refractivity contribution in [3.8, 4) is 0 Å². The van der Waals surface area contributed by atoms with Crippen LogP contribution >= 0.6 is 0 Å². The van der Waals surface area contributed by atoms with Crippen LogP contribution in [0.2, 0.25) is 0 Å². The highest BCUT2D eigenvalue weighted by Crippen LogP contribution is 2.33. The smallest absolute Gasteiger partial charge is 0.147 e. The van der Waals surface area contributed by atoms with E-state index in [1.54, 1.807) is 0 Å². The Labute approximate surface area is 97.7 Å². The zero-order valence-corrected chi connectivity index (χ0v) is 10.9. The van der Waals surface area contributed by atoms with Crippen molar-refractivity contribution in [2.75, 3.05) is 25.1 Å². The molecule has 0 aromatic heterocycles. The molecule has 0 aromatic rings. The molecule has 94 valence electrons. The van der Waals surface area contributed by atoms with Gasteiger partial charge in [0.15, 0.2) is 0 Å². The first kappa shape index (κ1) is 13.6. The monoisotopic (exact) mass is 247 g/mol. The highest BCUT2D eigenvalue weighted by Gasteiger charge is 2.39. The molecule has 4 nitrogen and oxygen atoms in total. The van der Waals surface area contributed by atoms with Gasteiger partial charge in [-0.25, -0.2) is 8.42 Å². The number of Topliss-reactive ketones (excluding diaryl/α,β-unsaturated/α-hetero) is 1. The van der Waals surface area contributed by atoms with E-state index in [1.807, 2.05) is 0 Å². The summed E-state index contributed by atoms with van der Waals surface area (Å²) < 4.78 is 22.1. The highest BCUT2D eigenvalue weighted by atomic mass is 32.2. The van der Waals surface area contributed by atoms with Gasteiger partial charge in [-0.15, -0.1) is 0 Å². The molecule has 1 atom stereocenters.